The molecule has 1 atom stereocenters. The van der Waals surface area contributed by atoms with Crippen LogP contribution in [0.5, 0.6) is 5.75 Å². The van der Waals surface area contributed by atoms with E-state index < -0.39 is 5.60 Å². The lowest BCUT2D eigenvalue weighted by Crippen LogP contribution is -2.38. The number of rotatable bonds is 8. The molecule has 1 heterocycles. The first-order valence-corrected chi connectivity index (χ1v) is 8.60. The van der Waals surface area contributed by atoms with Crippen LogP contribution in [0.15, 0.2) is 41.1 Å². The Bertz CT molecular complexity index is 606. The van der Waals surface area contributed by atoms with E-state index in [0.717, 1.165) is 24.2 Å². The first kappa shape index (κ1) is 17.5. The number of thiophene rings is 1. The summed E-state index contributed by atoms with van der Waals surface area (Å²) >= 11 is 1.53. The highest BCUT2D eigenvalue weighted by Crippen LogP contribution is 2.22. The number of hydrogen-bond donors (Lipinski definition) is 2. The number of hydrogen-bond acceptors (Lipinski definition) is 4. The van der Waals surface area contributed by atoms with Crippen LogP contribution in [0, 0.1) is 0 Å². The van der Waals surface area contributed by atoms with Crippen molar-refractivity contribution >= 4 is 17.2 Å². The summed E-state index contributed by atoms with van der Waals surface area (Å²) in [6, 6.07) is 9.75. The van der Waals surface area contributed by atoms with Gasteiger partial charge in [-0.05, 0) is 59.9 Å². The molecule has 0 saturated carbocycles. The Balaban J connectivity index is 1.70. The summed E-state index contributed by atoms with van der Waals surface area (Å²) in [7, 11) is 1.64. The molecule has 0 saturated heterocycles. The summed E-state index contributed by atoms with van der Waals surface area (Å²) in [5, 5.41) is 17.0. The van der Waals surface area contributed by atoms with Crippen LogP contribution in [0.25, 0.3) is 0 Å². The molecular formula is C18H23NO3S. The van der Waals surface area contributed by atoms with Crippen molar-refractivity contribution < 1.29 is 14.6 Å². The smallest absolute Gasteiger partial charge is 0.220 e. The maximum Gasteiger partial charge on any atom is 0.220 e. The van der Waals surface area contributed by atoms with E-state index in [-0.39, 0.29) is 12.5 Å². The van der Waals surface area contributed by atoms with Crippen LogP contribution in [0.4, 0.5) is 0 Å². The lowest BCUT2D eigenvalue weighted by atomic mass is 9.99. The fraction of sp³-hybridized carbons (Fsp3) is 0.389. The van der Waals surface area contributed by atoms with Gasteiger partial charge in [-0.2, -0.15) is 11.3 Å². The third-order valence-electron chi connectivity index (χ3n) is 3.80. The number of benzene rings is 1. The molecule has 4 nitrogen and oxygen atoms in total. The molecule has 0 bridgehead atoms. The number of aliphatic hydroxyl groups is 1. The van der Waals surface area contributed by atoms with E-state index in [4.69, 9.17) is 4.74 Å². The fourth-order valence-electron chi connectivity index (χ4n) is 2.28. The summed E-state index contributed by atoms with van der Waals surface area (Å²) in [5.74, 6) is 0.802. The SMILES string of the molecule is COc1ccc(CCCC(=O)NCC(C)(O)c2ccsc2)cc1. The topological polar surface area (TPSA) is 58.6 Å². The monoisotopic (exact) mass is 333 g/mol. The van der Waals surface area contributed by atoms with Gasteiger partial charge in [-0.15, -0.1) is 0 Å². The van der Waals surface area contributed by atoms with Crippen molar-refractivity contribution in [3.63, 3.8) is 0 Å². The van der Waals surface area contributed by atoms with E-state index in [1.165, 1.54) is 16.9 Å². The Morgan fingerprint density at radius 3 is 2.65 bits per heavy atom. The first-order chi connectivity index (χ1) is 11.0. The molecule has 1 amide bonds. The van der Waals surface area contributed by atoms with Crippen LogP contribution in [0.1, 0.15) is 30.9 Å². The van der Waals surface area contributed by atoms with Gasteiger partial charge in [-0.1, -0.05) is 12.1 Å². The standard InChI is InChI=1S/C18H23NO3S/c1-18(21,15-10-11-23-12-15)13-19-17(20)5-3-4-14-6-8-16(22-2)9-7-14/h6-12,21H,3-5,13H2,1-2H3,(H,19,20). The summed E-state index contributed by atoms with van der Waals surface area (Å²) in [5.41, 5.74) is 0.996. The van der Waals surface area contributed by atoms with Crippen molar-refractivity contribution in [3.8, 4) is 5.75 Å². The van der Waals surface area contributed by atoms with Crippen LogP contribution < -0.4 is 10.1 Å². The van der Waals surface area contributed by atoms with Crippen LogP contribution >= 0.6 is 11.3 Å². The van der Waals surface area contributed by atoms with Crippen molar-refractivity contribution in [2.24, 2.45) is 0 Å². The molecule has 2 N–H and O–H groups in total. The molecule has 2 aromatic rings. The third kappa shape index (κ3) is 5.37. The van der Waals surface area contributed by atoms with Gasteiger partial charge in [0, 0.05) is 6.42 Å². The number of amides is 1. The fourth-order valence-corrected chi connectivity index (χ4v) is 3.06. The van der Waals surface area contributed by atoms with Gasteiger partial charge in [-0.3, -0.25) is 4.79 Å². The van der Waals surface area contributed by atoms with E-state index in [1.807, 2.05) is 41.1 Å². The molecule has 0 aliphatic rings. The molecular weight excluding hydrogens is 310 g/mol. The molecule has 5 heteroatoms. The molecule has 1 unspecified atom stereocenters. The summed E-state index contributed by atoms with van der Waals surface area (Å²) < 4.78 is 5.12. The molecule has 2 rings (SSSR count). The Hall–Kier alpha value is -1.85. The number of carbonyl (C=O) groups excluding carboxylic acids is 1. The zero-order valence-corrected chi connectivity index (χ0v) is 14.4. The van der Waals surface area contributed by atoms with Crippen LogP contribution in [-0.2, 0) is 16.8 Å². The minimum atomic E-state index is -1.02. The van der Waals surface area contributed by atoms with Crippen molar-refractivity contribution in [3.05, 3.63) is 52.2 Å². The molecule has 1 aromatic heterocycles. The highest BCUT2D eigenvalue weighted by molar-refractivity contribution is 7.08. The van der Waals surface area contributed by atoms with Gasteiger partial charge >= 0.3 is 0 Å². The van der Waals surface area contributed by atoms with Crippen molar-refractivity contribution in [1.82, 2.24) is 5.32 Å². The van der Waals surface area contributed by atoms with Crippen LogP contribution in [0.2, 0.25) is 0 Å². The van der Waals surface area contributed by atoms with Crippen molar-refractivity contribution in [1.29, 1.82) is 0 Å². The second kappa shape index (κ2) is 8.13. The summed E-state index contributed by atoms with van der Waals surface area (Å²) in [6.07, 6.45) is 2.07. The van der Waals surface area contributed by atoms with Gasteiger partial charge in [0.15, 0.2) is 0 Å². The average molecular weight is 333 g/mol. The van der Waals surface area contributed by atoms with Crippen LogP contribution in [-0.4, -0.2) is 24.7 Å². The number of aryl methyl sites for hydroxylation is 1. The van der Waals surface area contributed by atoms with Crippen molar-refractivity contribution in [2.75, 3.05) is 13.7 Å². The lowest BCUT2D eigenvalue weighted by molar-refractivity contribution is -0.122. The van der Waals surface area contributed by atoms with Gasteiger partial charge in [0.1, 0.15) is 11.4 Å². The largest absolute Gasteiger partial charge is 0.497 e. The van der Waals surface area contributed by atoms with Crippen LogP contribution in [0.3, 0.4) is 0 Å². The molecule has 0 aliphatic carbocycles. The third-order valence-corrected chi connectivity index (χ3v) is 4.48. The van der Waals surface area contributed by atoms with Gasteiger partial charge in [0.2, 0.25) is 5.91 Å². The number of methoxy groups -OCH3 is 1. The summed E-state index contributed by atoms with van der Waals surface area (Å²) in [4.78, 5) is 11.9. The second-order valence-electron chi connectivity index (χ2n) is 5.76. The Morgan fingerprint density at radius 2 is 2.04 bits per heavy atom. The zero-order valence-electron chi connectivity index (χ0n) is 13.5. The molecule has 0 fully saturated rings. The molecule has 1 aromatic carbocycles. The van der Waals surface area contributed by atoms with Gasteiger partial charge < -0.3 is 15.2 Å². The maximum atomic E-state index is 11.9. The highest BCUT2D eigenvalue weighted by Gasteiger charge is 2.23. The first-order valence-electron chi connectivity index (χ1n) is 7.66. The quantitative estimate of drug-likeness (QED) is 0.780. The summed E-state index contributed by atoms with van der Waals surface area (Å²) in [6.45, 7) is 1.94. The Morgan fingerprint density at radius 1 is 1.30 bits per heavy atom. The number of carbonyl (C=O) groups is 1. The Kier molecular flexibility index (Phi) is 6.19. The molecule has 23 heavy (non-hydrogen) atoms. The predicted octanol–water partition coefficient (Wildman–Crippen LogP) is 3.10. The van der Waals surface area contributed by atoms with Gasteiger partial charge in [0.05, 0.1) is 13.7 Å². The van der Waals surface area contributed by atoms with E-state index in [0.29, 0.717) is 6.42 Å². The maximum absolute atomic E-state index is 11.9. The minimum Gasteiger partial charge on any atom is -0.497 e. The highest BCUT2D eigenvalue weighted by atomic mass is 32.1. The minimum absolute atomic E-state index is 0.0333. The van der Waals surface area contributed by atoms with E-state index in [9.17, 15) is 9.90 Å². The molecule has 0 spiro atoms. The molecule has 0 radical (unpaired) electrons. The van der Waals surface area contributed by atoms with E-state index >= 15 is 0 Å². The average Bonchev–Trinajstić information content (AvgIpc) is 3.09. The Labute approximate surface area is 141 Å². The number of ether oxygens (including phenoxy) is 1. The van der Waals surface area contributed by atoms with Gasteiger partial charge in [-0.25, -0.2) is 0 Å². The van der Waals surface area contributed by atoms with E-state index in [2.05, 4.69) is 5.32 Å². The van der Waals surface area contributed by atoms with Gasteiger partial charge in [0.25, 0.3) is 0 Å². The van der Waals surface area contributed by atoms with E-state index in [1.54, 1.807) is 14.0 Å². The van der Waals surface area contributed by atoms with Crippen molar-refractivity contribution in [2.45, 2.75) is 31.8 Å². The zero-order chi connectivity index (χ0) is 16.7. The normalized spacial score (nSPS) is 13.3. The molecule has 0 aliphatic heterocycles. The molecule has 124 valence electrons. The lowest BCUT2D eigenvalue weighted by Gasteiger charge is -2.22. The second-order valence-corrected chi connectivity index (χ2v) is 6.54. The number of nitrogens with one attached hydrogen (secondary N) is 1. The predicted molar refractivity (Wildman–Crippen MR) is 92.8 cm³/mol.